The van der Waals surface area contributed by atoms with E-state index in [4.69, 9.17) is 34.8 Å². The Kier molecular flexibility index (Phi) is 5.04. The Morgan fingerprint density at radius 1 is 1.08 bits per heavy atom. The third-order valence-corrected chi connectivity index (χ3v) is 3.48. The largest absolute Gasteiger partial charge is 0.122 e. The van der Waals surface area contributed by atoms with E-state index in [9.17, 15) is 0 Å². The zero-order valence-electron chi connectivity index (χ0n) is 6.64. The Bertz CT molecular complexity index is 291. The van der Waals surface area contributed by atoms with Crippen molar-refractivity contribution in [3.05, 3.63) is 39.9 Å². The average Bonchev–Trinajstić information content (AvgIpc) is 2.15. The van der Waals surface area contributed by atoms with E-state index >= 15 is 0 Å². The molecule has 0 bridgehead atoms. The van der Waals surface area contributed by atoms with Crippen LogP contribution < -0.4 is 0 Å². The summed E-state index contributed by atoms with van der Waals surface area (Å²) in [5.74, 6) is 0.605. The monoisotopic (exact) mass is 252 g/mol. The Morgan fingerprint density at radius 3 is 2.23 bits per heavy atom. The van der Waals surface area contributed by atoms with E-state index in [-0.39, 0.29) is 4.49 Å². The van der Waals surface area contributed by atoms with Crippen molar-refractivity contribution in [2.75, 3.05) is 5.75 Å². The fraction of sp³-hybridized carbons (Fsp3) is 0.111. The molecule has 0 atom stereocenters. The van der Waals surface area contributed by atoms with E-state index in [2.05, 4.69) is 0 Å². The number of hydrogen-bond donors (Lipinski definition) is 0. The van der Waals surface area contributed by atoms with Crippen molar-refractivity contribution < 1.29 is 0 Å². The first-order valence-electron chi connectivity index (χ1n) is 3.57. The summed E-state index contributed by atoms with van der Waals surface area (Å²) < 4.78 is 0.144. The molecule has 0 saturated heterocycles. The van der Waals surface area contributed by atoms with Crippen LogP contribution in [0, 0.1) is 0 Å². The molecule has 0 amide bonds. The second-order valence-electron chi connectivity index (χ2n) is 2.27. The minimum absolute atomic E-state index is 0.144. The average molecular weight is 254 g/mol. The summed E-state index contributed by atoms with van der Waals surface area (Å²) in [6, 6.07) is 9.94. The van der Waals surface area contributed by atoms with Gasteiger partial charge in [-0.3, -0.25) is 0 Å². The molecule has 1 aromatic rings. The highest BCUT2D eigenvalue weighted by Crippen LogP contribution is 2.26. The van der Waals surface area contributed by atoms with Crippen molar-refractivity contribution in [1.82, 2.24) is 0 Å². The second-order valence-corrected chi connectivity index (χ2v) is 4.72. The molecule has 0 fully saturated rings. The maximum absolute atomic E-state index is 5.76. The molecule has 1 aromatic carbocycles. The maximum Gasteiger partial charge on any atom is 0.122 e. The quantitative estimate of drug-likeness (QED) is 0.706. The van der Waals surface area contributed by atoms with Crippen LogP contribution in [0.3, 0.4) is 0 Å². The van der Waals surface area contributed by atoms with E-state index in [0.29, 0.717) is 10.8 Å². The normalized spacial score (nSPS) is 9.77. The highest BCUT2D eigenvalue weighted by Gasteiger charge is 1.99. The van der Waals surface area contributed by atoms with Crippen molar-refractivity contribution in [3.8, 4) is 0 Å². The van der Waals surface area contributed by atoms with Crippen LogP contribution in [-0.4, -0.2) is 5.75 Å². The smallest absolute Gasteiger partial charge is 0.120 e. The summed E-state index contributed by atoms with van der Waals surface area (Å²) in [4.78, 5) is 1.15. The minimum atomic E-state index is 0.144. The molecular formula is C9H7Cl3S. The summed E-state index contributed by atoms with van der Waals surface area (Å²) in [6.07, 6.45) is 0. The first-order chi connectivity index (χ1) is 6.20. The molecular weight excluding hydrogens is 247 g/mol. The summed E-state index contributed by atoms with van der Waals surface area (Å²) in [7, 11) is 0. The molecule has 4 heteroatoms. The first-order valence-corrected chi connectivity index (χ1v) is 5.69. The SMILES string of the molecule is ClC(Cl)=C(Cl)CSc1ccccc1. The lowest BCUT2D eigenvalue weighted by atomic mass is 10.4. The number of rotatable bonds is 3. The van der Waals surface area contributed by atoms with E-state index in [1.165, 1.54) is 0 Å². The van der Waals surface area contributed by atoms with E-state index in [0.717, 1.165) is 4.90 Å². The predicted octanol–water partition coefficient (Wildman–Crippen LogP) is 4.66. The van der Waals surface area contributed by atoms with Gasteiger partial charge < -0.3 is 0 Å². The topological polar surface area (TPSA) is 0 Å². The van der Waals surface area contributed by atoms with Gasteiger partial charge in [-0.25, -0.2) is 0 Å². The summed E-state index contributed by atoms with van der Waals surface area (Å²) in [5, 5.41) is 0.484. The highest BCUT2D eigenvalue weighted by atomic mass is 35.5. The molecule has 0 aliphatic carbocycles. The van der Waals surface area contributed by atoms with E-state index in [1.54, 1.807) is 11.8 Å². The lowest BCUT2D eigenvalue weighted by Crippen LogP contribution is -1.79. The first kappa shape index (κ1) is 11.3. The molecule has 0 saturated carbocycles. The Balaban J connectivity index is 2.49. The van der Waals surface area contributed by atoms with Crippen molar-refractivity contribution in [3.63, 3.8) is 0 Å². The van der Waals surface area contributed by atoms with Gasteiger partial charge in [0, 0.05) is 10.6 Å². The van der Waals surface area contributed by atoms with Gasteiger partial charge in [-0.1, -0.05) is 53.0 Å². The van der Waals surface area contributed by atoms with Crippen LogP contribution in [0.15, 0.2) is 44.8 Å². The van der Waals surface area contributed by atoms with Gasteiger partial charge >= 0.3 is 0 Å². The Morgan fingerprint density at radius 2 is 1.69 bits per heavy atom. The van der Waals surface area contributed by atoms with E-state index < -0.39 is 0 Å². The highest BCUT2D eigenvalue weighted by molar-refractivity contribution is 7.99. The molecule has 0 aromatic heterocycles. The minimum Gasteiger partial charge on any atom is -0.120 e. The van der Waals surface area contributed by atoms with Crippen LogP contribution in [0.1, 0.15) is 0 Å². The maximum atomic E-state index is 5.76. The van der Waals surface area contributed by atoms with Gasteiger partial charge in [0.1, 0.15) is 4.49 Å². The number of halogens is 3. The molecule has 70 valence electrons. The summed E-state index contributed by atoms with van der Waals surface area (Å²) in [6.45, 7) is 0. The van der Waals surface area contributed by atoms with E-state index in [1.807, 2.05) is 30.3 Å². The molecule has 0 unspecified atom stereocenters. The van der Waals surface area contributed by atoms with Gasteiger partial charge in [0.05, 0.1) is 5.03 Å². The molecule has 1 rings (SSSR count). The molecule has 0 heterocycles. The fourth-order valence-corrected chi connectivity index (χ4v) is 1.96. The lowest BCUT2D eigenvalue weighted by molar-refractivity contribution is 1.46. The van der Waals surface area contributed by atoms with Crippen molar-refractivity contribution in [2.45, 2.75) is 4.90 Å². The van der Waals surface area contributed by atoms with Gasteiger partial charge in [-0.2, -0.15) is 0 Å². The molecule has 0 N–H and O–H groups in total. The van der Waals surface area contributed by atoms with Gasteiger partial charge in [0.25, 0.3) is 0 Å². The van der Waals surface area contributed by atoms with Crippen LogP contribution in [0.5, 0.6) is 0 Å². The molecule has 0 aliphatic rings. The number of thioether (sulfide) groups is 1. The van der Waals surface area contributed by atoms with Gasteiger partial charge in [0.2, 0.25) is 0 Å². The number of benzene rings is 1. The zero-order valence-corrected chi connectivity index (χ0v) is 9.72. The predicted molar refractivity (Wildman–Crippen MR) is 61.8 cm³/mol. The van der Waals surface area contributed by atoms with Crippen molar-refractivity contribution in [2.24, 2.45) is 0 Å². The van der Waals surface area contributed by atoms with Crippen LogP contribution in [0.4, 0.5) is 0 Å². The fourth-order valence-electron chi connectivity index (χ4n) is 0.718. The molecule has 0 nitrogen and oxygen atoms in total. The van der Waals surface area contributed by atoms with Gasteiger partial charge in [-0.05, 0) is 12.1 Å². The lowest BCUT2D eigenvalue weighted by Gasteiger charge is -1.99. The zero-order chi connectivity index (χ0) is 9.68. The Labute approximate surface area is 96.9 Å². The molecule has 0 spiro atoms. The van der Waals surface area contributed by atoms with Crippen LogP contribution in [-0.2, 0) is 0 Å². The second kappa shape index (κ2) is 5.82. The molecule has 13 heavy (non-hydrogen) atoms. The third kappa shape index (κ3) is 4.28. The van der Waals surface area contributed by atoms with Crippen LogP contribution >= 0.6 is 46.6 Å². The van der Waals surface area contributed by atoms with Gasteiger partial charge in [0.15, 0.2) is 0 Å². The molecule has 0 radical (unpaired) electrons. The van der Waals surface area contributed by atoms with Crippen molar-refractivity contribution >= 4 is 46.6 Å². The standard InChI is InChI=1S/C9H7Cl3S/c10-8(9(11)12)6-13-7-4-2-1-3-5-7/h1-5H,6H2. The summed E-state index contributed by atoms with van der Waals surface area (Å²) >= 11 is 18.3. The van der Waals surface area contributed by atoms with Crippen LogP contribution in [0.25, 0.3) is 0 Å². The molecule has 0 aliphatic heterocycles. The third-order valence-electron chi connectivity index (χ3n) is 1.31. The van der Waals surface area contributed by atoms with Crippen LogP contribution in [0.2, 0.25) is 0 Å². The summed E-state index contributed by atoms with van der Waals surface area (Å²) in [5.41, 5.74) is 0. The van der Waals surface area contributed by atoms with Gasteiger partial charge in [-0.15, -0.1) is 11.8 Å². The van der Waals surface area contributed by atoms with Crippen molar-refractivity contribution in [1.29, 1.82) is 0 Å². The number of hydrogen-bond acceptors (Lipinski definition) is 1. The Hall–Kier alpha value is 0.180.